The van der Waals surface area contributed by atoms with Gasteiger partial charge in [0.05, 0.1) is 11.1 Å². The molecule has 172 valence electrons. The van der Waals surface area contributed by atoms with E-state index in [9.17, 15) is 19.8 Å². The highest BCUT2D eigenvalue weighted by atomic mass is 16.5. The van der Waals surface area contributed by atoms with Gasteiger partial charge in [-0.25, -0.2) is 9.59 Å². The lowest BCUT2D eigenvalue weighted by Gasteiger charge is -2.41. The van der Waals surface area contributed by atoms with Gasteiger partial charge < -0.3 is 24.7 Å². The first-order chi connectivity index (χ1) is 15.1. The highest BCUT2D eigenvalue weighted by Gasteiger charge is 2.42. The van der Waals surface area contributed by atoms with E-state index in [0.717, 1.165) is 49.9 Å². The molecule has 0 bridgehead atoms. The van der Waals surface area contributed by atoms with E-state index in [4.69, 9.17) is 4.74 Å². The van der Waals surface area contributed by atoms with Crippen LogP contribution in [-0.4, -0.2) is 73.2 Å². The van der Waals surface area contributed by atoms with Crippen LogP contribution in [0.4, 0.5) is 0 Å². The summed E-state index contributed by atoms with van der Waals surface area (Å²) < 4.78 is 6.15. The fourth-order valence-electron chi connectivity index (χ4n) is 4.57. The summed E-state index contributed by atoms with van der Waals surface area (Å²) in [5.41, 5.74) is 1.52. The van der Waals surface area contributed by atoms with Gasteiger partial charge in [-0.05, 0) is 103 Å². The third kappa shape index (κ3) is 4.95. The van der Waals surface area contributed by atoms with Crippen molar-refractivity contribution >= 4 is 11.9 Å². The van der Waals surface area contributed by atoms with Crippen LogP contribution in [0.3, 0.4) is 0 Å². The Kier molecular flexibility index (Phi) is 7.21. The average molecular weight is 441 g/mol. The second-order valence-corrected chi connectivity index (χ2v) is 9.03. The molecule has 1 heterocycles. The van der Waals surface area contributed by atoms with Crippen molar-refractivity contribution in [3.05, 3.63) is 58.7 Å². The lowest BCUT2D eigenvalue weighted by molar-refractivity contribution is 0.0686. The normalized spacial score (nSPS) is 14.1. The fourth-order valence-corrected chi connectivity index (χ4v) is 4.57. The molecule has 0 aromatic heterocycles. The Morgan fingerprint density at radius 2 is 1.19 bits per heavy atom. The zero-order valence-electron chi connectivity index (χ0n) is 19.2. The molecule has 2 aromatic rings. The smallest absolute Gasteiger partial charge is 0.335 e. The number of fused-ring (bicyclic) bond motifs is 2. The molecule has 0 amide bonds. The van der Waals surface area contributed by atoms with E-state index < -0.39 is 17.4 Å². The van der Waals surface area contributed by atoms with E-state index in [1.54, 1.807) is 36.4 Å². The van der Waals surface area contributed by atoms with Crippen LogP contribution in [0.2, 0.25) is 0 Å². The zero-order chi connectivity index (χ0) is 23.5. The van der Waals surface area contributed by atoms with E-state index in [1.165, 1.54) is 0 Å². The minimum absolute atomic E-state index is 0.204. The lowest BCUT2D eigenvalue weighted by Crippen LogP contribution is -2.34. The maximum absolute atomic E-state index is 11.8. The largest absolute Gasteiger partial charge is 0.478 e. The van der Waals surface area contributed by atoms with Gasteiger partial charge in [0.2, 0.25) is 0 Å². The molecule has 0 spiro atoms. The first-order valence-electron chi connectivity index (χ1n) is 10.9. The average Bonchev–Trinajstić information content (AvgIpc) is 2.72. The van der Waals surface area contributed by atoms with Gasteiger partial charge in [-0.2, -0.15) is 0 Å². The van der Waals surface area contributed by atoms with Gasteiger partial charge in [-0.1, -0.05) is 0 Å². The maximum atomic E-state index is 11.8. The fraction of sp³-hybridized carbons (Fsp3) is 0.440. The quantitative estimate of drug-likeness (QED) is 0.573. The number of rotatable bonds is 10. The Morgan fingerprint density at radius 3 is 1.53 bits per heavy atom. The molecule has 7 heteroatoms. The third-order valence-electron chi connectivity index (χ3n) is 6.12. The summed E-state index contributed by atoms with van der Waals surface area (Å²) in [6, 6.07) is 9.97. The summed E-state index contributed by atoms with van der Waals surface area (Å²) in [7, 11) is 8.09. The van der Waals surface area contributed by atoms with E-state index in [1.807, 2.05) is 28.2 Å². The number of carboxylic acids is 2. The van der Waals surface area contributed by atoms with E-state index >= 15 is 0 Å². The van der Waals surface area contributed by atoms with Crippen molar-refractivity contribution in [3.63, 3.8) is 0 Å². The van der Waals surface area contributed by atoms with Crippen LogP contribution < -0.4 is 4.74 Å². The summed E-state index contributed by atoms with van der Waals surface area (Å²) in [6.07, 6.45) is 3.27. The van der Waals surface area contributed by atoms with E-state index in [2.05, 4.69) is 9.80 Å². The first-order valence-corrected chi connectivity index (χ1v) is 10.9. The van der Waals surface area contributed by atoms with Gasteiger partial charge in [0.1, 0.15) is 11.5 Å². The van der Waals surface area contributed by atoms with Crippen LogP contribution in [0, 0.1) is 0 Å². The van der Waals surface area contributed by atoms with Crippen molar-refractivity contribution in [3.8, 4) is 11.5 Å². The molecule has 0 saturated carbocycles. The summed E-state index contributed by atoms with van der Waals surface area (Å²) in [4.78, 5) is 27.8. The molecule has 2 N–H and O–H groups in total. The molecular formula is C25H32N2O5. The lowest BCUT2D eigenvalue weighted by atomic mass is 9.66. The van der Waals surface area contributed by atoms with Gasteiger partial charge in [-0.15, -0.1) is 0 Å². The Labute approximate surface area is 189 Å². The van der Waals surface area contributed by atoms with Crippen LogP contribution in [0.1, 0.15) is 57.5 Å². The van der Waals surface area contributed by atoms with Crippen molar-refractivity contribution in [1.82, 2.24) is 9.80 Å². The number of hydrogen-bond donors (Lipinski definition) is 2. The molecule has 2 aromatic carbocycles. The number of aromatic carboxylic acids is 2. The molecule has 7 nitrogen and oxygen atoms in total. The molecule has 0 atom stereocenters. The second kappa shape index (κ2) is 9.71. The first kappa shape index (κ1) is 23.8. The van der Waals surface area contributed by atoms with Crippen molar-refractivity contribution in [1.29, 1.82) is 0 Å². The molecular weight excluding hydrogens is 408 g/mol. The minimum Gasteiger partial charge on any atom is -0.478 e. The molecule has 0 saturated heterocycles. The molecule has 0 aliphatic carbocycles. The van der Waals surface area contributed by atoms with Crippen LogP contribution >= 0.6 is 0 Å². The monoisotopic (exact) mass is 440 g/mol. The Bertz CT molecular complexity index is 920. The van der Waals surface area contributed by atoms with E-state index in [0.29, 0.717) is 11.5 Å². The molecule has 32 heavy (non-hydrogen) atoms. The molecule has 1 aliphatic rings. The predicted molar refractivity (Wildman–Crippen MR) is 123 cm³/mol. The zero-order valence-corrected chi connectivity index (χ0v) is 19.2. The molecule has 0 radical (unpaired) electrons. The van der Waals surface area contributed by atoms with Crippen molar-refractivity contribution < 1.29 is 24.5 Å². The van der Waals surface area contributed by atoms with E-state index in [-0.39, 0.29) is 11.1 Å². The van der Waals surface area contributed by atoms with Crippen LogP contribution in [0.15, 0.2) is 36.4 Å². The number of ether oxygens (including phenoxy) is 1. The predicted octanol–water partition coefficient (Wildman–Crippen LogP) is 4.16. The summed E-state index contributed by atoms with van der Waals surface area (Å²) in [5, 5.41) is 19.3. The number of hydrogen-bond acceptors (Lipinski definition) is 5. The number of nitrogens with zero attached hydrogens (tertiary/aromatic N) is 2. The van der Waals surface area contributed by atoms with Gasteiger partial charge in [0.25, 0.3) is 0 Å². The minimum atomic E-state index is -0.992. The Balaban J connectivity index is 2.20. The van der Waals surface area contributed by atoms with Crippen molar-refractivity contribution in [2.24, 2.45) is 0 Å². The van der Waals surface area contributed by atoms with Gasteiger partial charge in [-0.3, -0.25) is 0 Å². The standard InChI is InChI=1S/C25H32N2O5/c1-26(2)13-5-11-25(12-6-14-27(3)4)19-15-17(23(28)29)7-9-21(19)32-22-10-8-18(24(30)31)16-20(22)25/h7-10,15-16H,5-6,11-14H2,1-4H3,(H,28,29)(H,30,31). The Morgan fingerprint density at radius 1 is 0.781 bits per heavy atom. The van der Waals surface area contributed by atoms with Crippen LogP contribution in [0.25, 0.3) is 0 Å². The SMILES string of the molecule is CN(C)CCCC1(CCCN(C)C)c2cc(C(=O)O)ccc2Oc2ccc(C(=O)O)cc21. The van der Waals surface area contributed by atoms with Crippen molar-refractivity contribution in [2.45, 2.75) is 31.1 Å². The summed E-state index contributed by atoms with van der Waals surface area (Å²) in [6.45, 7) is 1.75. The van der Waals surface area contributed by atoms with Crippen LogP contribution in [0.5, 0.6) is 11.5 Å². The van der Waals surface area contributed by atoms with Gasteiger partial charge in [0.15, 0.2) is 0 Å². The van der Waals surface area contributed by atoms with Crippen molar-refractivity contribution in [2.75, 3.05) is 41.3 Å². The summed E-state index contributed by atoms with van der Waals surface area (Å²) >= 11 is 0. The highest BCUT2D eigenvalue weighted by Crippen LogP contribution is 2.53. The molecule has 0 unspecified atom stereocenters. The maximum Gasteiger partial charge on any atom is 0.335 e. The molecule has 0 fully saturated rings. The topological polar surface area (TPSA) is 90.3 Å². The number of carbonyl (C=O) groups is 2. The van der Waals surface area contributed by atoms with Gasteiger partial charge in [0, 0.05) is 16.5 Å². The second-order valence-electron chi connectivity index (χ2n) is 9.03. The highest BCUT2D eigenvalue weighted by molar-refractivity contribution is 5.89. The summed E-state index contributed by atoms with van der Waals surface area (Å²) in [5.74, 6) is -0.706. The van der Waals surface area contributed by atoms with Gasteiger partial charge >= 0.3 is 11.9 Å². The van der Waals surface area contributed by atoms with Crippen LogP contribution in [-0.2, 0) is 5.41 Å². The number of carboxylic acid groups (broad SMARTS) is 2. The Hall–Kier alpha value is -2.90. The molecule has 1 aliphatic heterocycles. The number of benzene rings is 2. The third-order valence-corrected chi connectivity index (χ3v) is 6.12. The molecule has 3 rings (SSSR count).